The lowest BCUT2D eigenvalue weighted by atomic mass is 10.0. The SMILES string of the molecule is O=C(O)NCc1cccc(-c2cc(NC(=O)C3CCCN3C(=O)NCc3cccc(Cl)c3F)cc3ccoc23)c1. The predicted molar refractivity (Wildman–Crippen MR) is 149 cm³/mol. The topological polar surface area (TPSA) is 124 Å². The van der Waals surface area contributed by atoms with Crippen LogP contribution in [0.5, 0.6) is 0 Å². The first-order valence-corrected chi connectivity index (χ1v) is 13.0. The average molecular weight is 565 g/mol. The summed E-state index contributed by atoms with van der Waals surface area (Å²) >= 11 is 5.83. The Labute approximate surface area is 233 Å². The molecule has 5 rings (SSSR count). The van der Waals surface area contributed by atoms with Gasteiger partial charge in [0.1, 0.15) is 17.4 Å². The number of hydrogen-bond donors (Lipinski definition) is 4. The molecule has 1 aromatic heterocycles. The fourth-order valence-electron chi connectivity index (χ4n) is 4.86. The number of furan rings is 1. The van der Waals surface area contributed by atoms with Crippen molar-refractivity contribution in [3.05, 3.63) is 88.9 Å². The highest BCUT2D eigenvalue weighted by Gasteiger charge is 2.34. The first-order chi connectivity index (χ1) is 19.3. The van der Waals surface area contributed by atoms with Crippen molar-refractivity contribution in [1.29, 1.82) is 0 Å². The van der Waals surface area contributed by atoms with E-state index >= 15 is 0 Å². The van der Waals surface area contributed by atoms with Crippen LogP contribution in [-0.2, 0) is 17.9 Å². The van der Waals surface area contributed by atoms with E-state index in [9.17, 15) is 18.8 Å². The van der Waals surface area contributed by atoms with Crippen LogP contribution in [0, 0.1) is 5.82 Å². The Hall–Kier alpha value is -4.57. The molecule has 1 aliphatic rings. The molecule has 0 radical (unpaired) electrons. The predicted octanol–water partition coefficient (Wildman–Crippen LogP) is 5.97. The number of rotatable bonds is 7. The maximum Gasteiger partial charge on any atom is 0.404 e. The molecular formula is C29H26ClFN4O5. The fraction of sp³-hybridized carbons (Fsp3) is 0.207. The minimum Gasteiger partial charge on any atom is -0.465 e. The number of fused-ring (bicyclic) bond motifs is 1. The van der Waals surface area contributed by atoms with Crippen molar-refractivity contribution in [2.45, 2.75) is 32.0 Å². The number of halogens is 2. The summed E-state index contributed by atoms with van der Waals surface area (Å²) in [5.41, 5.74) is 3.67. The van der Waals surface area contributed by atoms with Crippen LogP contribution >= 0.6 is 11.6 Å². The highest BCUT2D eigenvalue weighted by molar-refractivity contribution is 6.30. The molecule has 1 saturated heterocycles. The van der Waals surface area contributed by atoms with Crippen LogP contribution in [0.2, 0.25) is 5.02 Å². The van der Waals surface area contributed by atoms with Gasteiger partial charge in [-0.25, -0.2) is 14.0 Å². The van der Waals surface area contributed by atoms with Crippen molar-refractivity contribution >= 4 is 46.3 Å². The summed E-state index contributed by atoms with van der Waals surface area (Å²) in [5, 5.41) is 17.6. The number of amides is 4. The van der Waals surface area contributed by atoms with Gasteiger partial charge in [-0.1, -0.05) is 41.9 Å². The number of hydrogen-bond acceptors (Lipinski definition) is 4. The van der Waals surface area contributed by atoms with E-state index < -0.39 is 24.0 Å². The molecule has 4 aromatic rings. The van der Waals surface area contributed by atoms with E-state index in [1.807, 2.05) is 24.3 Å². The number of benzene rings is 3. The van der Waals surface area contributed by atoms with Gasteiger partial charge < -0.3 is 30.4 Å². The molecule has 1 atom stereocenters. The van der Waals surface area contributed by atoms with E-state index in [2.05, 4.69) is 16.0 Å². The Bertz CT molecular complexity index is 1590. The van der Waals surface area contributed by atoms with Gasteiger partial charge in [0.15, 0.2) is 0 Å². The molecule has 0 spiro atoms. The van der Waals surface area contributed by atoms with E-state index in [-0.39, 0.29) is 29.6 Å². The Morgan fingerprint density at radius 2 is 1.88 bits per heavy atom. The van der Waals surface area contributed by atoms with Crippen molar-refractivity contribution in [2.24, 2.45) is 0 Å². The lowest BCUT2D eigenvalue weighted by Gasteiger charge is -2.24. The molecular weight excluding hydrogens is 539 g/mol. The van der Waals surface area contributed by atoms with Gasteiger partial charge >= 0.3 is 12.1 Å². The first kappa shape index (κ1) is 27.0. The van der Waals surface area contributed by atoms with E-state index in [1.54, 1.807) is 30.5 Å². The maximum absolute atomic E-state index is 14.2. The lowest BCUT2D eigenvalue weighted by molar-refractivity contribution is -0.119. The molecule has 40 heavy (non-hydrogen) atoms. The van der Waals surface area contributed by atoms with Gasteiger partial charge in [-0.05, 0) is 54.3 Å². The Balaban J connectivity index is 1.32. The van der Waals surface area contributed by atoms with Crippen molar-refractivity contribution in [2.75, 3.05) is 11.9 Å². The van der Waals surface area contributed by atoms with Crippen molar-refractivity contribution < 1.29 is 28.3 Å². The second kappa shape index (κ2) is 11.7. The fourth-order valence-corrected chi connectivity index (χ4v) is 5.05. The highest BCUT2D eigenvalue weighted by atomic mass is 35.5. The van der Waals surface area contributed by atoms with E-state index in [1.165, 1.54) is 17.0 Å². The smallest absolute Gasteiger partial charge is 0.404 e. The molecule has 11 heteroatoms. The summed E-state index contributed by atoms with van der Waals surface area (Å²) in [6.07, 6.45) is 1.58. The lowest BCUT2D eigenvalue weighted by Crippen LogP contribution is -2.47. The molecule has 206 valence electrons. The molecule has 4 amide bonds. The summed E-state index contributed by atoms with van der Waals surface area (Å²) in [6, 6.07) is 16.1. The van der Waals surface area contributed by atoms with Gasteiger partial charge in [0.05, 0.1) is 11.3 Å². The van der Waals surface area contributed by atoms with Gasteiger partial charge in [-0.3, -0.25) is 4.79 Å². The summed E-state index contributed by atoms with van der Waals surface area (Å²) in [7, 11) is 0. The standard InChI is InChI=1S/C29H26ClFN4O5/c30-23-7-2-6-20(25(23)31)16-32-28(37)35-10-3-8-24(35)27(36)34-21-13-19-9-11-40-26(19)22(14-21)18-5-1-4-17(12-18)15-33-29(38)39/h1-2,4-7,9,11-14,24,33H,3,8,10,15-16H2,(H,32,37)(H,34,36)(H,38,39). The molecule has 9 nitrogen and oxygen atoms in total. The third-order valence-corrected chi connectivity index (χ3v) is 7.07. The van der Waals surface area contributed by atoms with Crippen LogP contribution in [0.3, 0.4) is 0 Å². The molecule has 0 aliphatic carbocycles. The number of carboxylic acid groups (broad SMARTS) is 1. The van der Waals surface area contributed by atoms with Crippen molar-refractivity contribution in [3.8, 4) is 11.1 Å². The number of nitrogens with zero attached hydrogens (tertiary/aromatic N) is 1. The first-order valence-electron chi connectivity index (χ1n) is 12.7. The monoisotopic (exact) mass is 564 g/mol. The molecule has 2 heterocycles. The van der Waals surface area contributed by atoms with Gasteiger partial charge in [-0.2, -0.15) is 0 Å². The van der Waals surface area contributed by atoms with Crippen LogP contribution in [-0.4, -0.2) is 40.6 Å². The summed E-state index contributed by atoms with van der Waals surface area (Å²) in [5.74, 6) is -0.927. The third kappa shape index (κ3) is 5.86. The quantitative estimate of drug-likeness (QED) is 0.220. The van der Waals surface area contributed by atoms with Crippen LogP contribution in [0.15, 0.2) is 71.3 Å². The van der Waals surface area contributed by atoms with Gasteiger partial charge in [-0.15, -0.1) is 0 Å². The average Bonchev–Trinajstić information content (AvgIpc) is 3.62. The zero-order valence-electron chi connectivity index (χ0n) is 21.2. The van der Waals surface area contributed by atoms with Gasteiger partial charge in [0, 0.05) is 41.8 Å². The zero-order valence-corrected chi connectivity index (χ0v) is 22.0. The van der Waals surface area contributed by atoms with E-state index in [4.69, 9.17) is 21.1 Å². The largest absolute Gasteiger partial charge is 0.465 e. The molecule has 3 aromatic carbocycles. The number of likely N-dealkylation sites (tertiary alicyclic amines) is 1. The molecule has 1 unspecified atom stereocenters. The molecule has 4 N–H and O–H groups in total. The minimum atomic E-state index is -1.12. The van der Waals surface area contributed by atoms with Gasteiger partial charge in [0.25, 0.3) is 0 Å². The second-order valence-corrected chi connectivity index (χ2v) is 9.84. The van der Waals surface area contributed by atoms with Crippen molar-refractivity contribution in [1.82, 2.24) is 15.5 Å². The number of anilines is 1. The number of nitrogens with one attached hydrogen (secondary N) is 3. The van der Waals surface area contributed by atoms with Crippen molar-refractivity contribution in [3.63, 3.8) is 0 Å². The highest BCUT2D eigenvalue weighted by Crippen LogP contribution is 2.34. The Morgan fingerprint density at radius 3 is 2.70 bits per heavy atom. The summed E-state index contributed by atoms with van der Waals surface area (Å²) in [6.45, 7) is 0.479. The minimum absolute atomic E-state index is 0.0252. The third-order valence-electron chi connectivity index (χ3n) is 6.78. The van der Waals surface area contributed by atoms with Crippen LogP contribution in [0.25, 0.3) is 22.1 Å². The second-order valence-electron chi connectivity index (χ2n) is 9.43. The van der Waals surface area contributed by atoms with Gasteiger partial charge in [0.2, 0.25) is 5.91 Å². The van der Waals surface area contributed by atoms with Crippen LogP contribution in [0.4, 0.5) is 19.7 Å². The molecule has 0 saturated carbocycles. The van der Waals surface area contributed by atoms with E-state index in [0.29, 0.717) is 30.7 Å². The molecule has 1 aliphatic heterocycles. The number of carbonyl (C=O) groups excluding carboxylic acids is 2. The van der Waals surface area contributed by atoms with Crippen LogP contribution < -0.4 is 16.0 Å². The molecule has 1 fully saturated rings. The van der Waals surface area contributed by atoms with Crippen LogP contribution in [0.1, 0.15) is 24.0 Å². The Morgan fingerprint density at radius 1 is 1.05 bits per heavy atom. The number of carbonyl (C=O) groups is 3. The molecule has 0 bridgehead atoms. The summed E-state index contributed by atoms with van der Waals surface area (Å²) < 4.78 is 19.9. The number of urea groups is 1. The summed E-state index contributed by atoms with van der Waals surface area (Å²) in [4.78, 5) is 38.6. The Kier molecular flexibility index (Phi) is 7.88. The van der Waals surface area contributed by atoms with E-state index in [0.717, 1.165) is 22.1 Å². The maximum atomic E-state index is 14.2. The normalized spacial score (nSPS) is 14.8. The zero-order chi connectivity index (χ0) is 28.2.